The second-order valence-corrected chi connectivity index (χ2v) is 13.7. The van der Waals surface area contributed by atoms with Crippen molar-refractivity contribution in [2.75, 3.05) is 64.6 Å². The molecule has 2 atom stereocenters. The fraction of sp³-hybridized carbons (Fsp3) is 0.733. The first-order valence-electron chi connectivity index (χ1n) is 15.4. The third-order valence-corrected chi connectivity index (χ3v) is 9.63. The molecule has 2 aliphatic heterocycles. The van der Waals surface area contributed by atoms with E-state index in [0.717, 1.165) is 57.7 Å². The molecule has 0 unspecified atom stereocenters. The number of amides is 2. The van der Waals surface area contributed by atoms with Crippen LogP contribution < -0.4 is 19.5 Å². The minimum Gasteiger partial charge on any atom is -0.493 e. The van der Waals surface area contributed by atoms with E-state index in [-0.39, 0.29) is 17.7 Å². The first kappa shape index (κ1) is 33.3. The molecule has 0 aromatic heterocycles. The van der Waals surface area contributed by atoms with Gasteiger partial charge in [-0.1, -0.05) is 19.3 Å². The minimum atomic E-state index is -3.39. The van der Waals surface area contributed by atoms with Gasteiger partial charge in [-0.3, -0.25) is 14.3 Å². The molecule has 3 N–H and O–H groups in total. The van der Waals surface area contributed by atoms with Gasteiger partial charge >= 0.3 is 0 Å². The van der Waals surface area contributed by atoms with Crippen molar-refractivity contribution in [3.05, 3.63) is 18.2 Å². The van der Waals surface area contributed by atoms with Crippen LogP contribution in [-0.2, 0) is 24.3 Å². The lowest BCUT2D eigenvalue weighted by atomic mass is 9.78. The summed E-state index contributed by atoms with van der Waals surface area (Å²) in [6.07, 6.45) is 7.96. The summed E-state index contributed by atoms with van der Waals surface area (Å²) in [5, 5.41) is 14.1. The zero-order chi connectivity index (χ0) is 31.0. The van der Waals surface area contributed by atoms with Crippen molar-refractivity contribution in [3.63, 3.8) is 0 Å². The SMILES string of the molecule is COCCN1C(=O)[C@@H]([C@H](O)C2CCCCC2)NC(=O)C12CCN(CCCCOc1ccc(NS(C)(=O)=O)cc1OC)CC2. The largest absolute Gasteiger partial charge is 0.493 e. The number of hydrogen-bond donors (Lipinski definition) is 3. The van der Waals surface area contributed by atoms with Crippen molar-refractivity contribution in [3.8, 4) is 11.5 Å². The number of methoxy groups -OCH3 is 2. The molecule has 3 aliphatic rings. The number of carbonyl (C=O) groups is 2. The summed E-state index contributed by atoms with van der Waals surface area (Å²) >= 11 is 0. The van der Waals surface area contributed by atoms with Crippen LogP contribution in [0.5, 0.6) is 11.5 Å². The third kappa shape index (κ3) is 8.31. The van der Waals surface area contributed by atoms with Crippen molar-refractivity contribution in [2.24, 2.45) is 5.92 Å². The van der Waals surface area contributed by atoms with Crippen molar-refractivity contribution >= 4 is 27.5 Å². The molecule has 1 aromatic rings. The quantitative estimate of drug-likeness (QED) is 0.265. The van der Waals surface area contributed by atoms with E-state index in [0.29, 0.717) is 62.9 Å². The van der Waals surface area contributed by atoms with E-state index < -0.39 is 27.7 Å². The lowest BCUT2D eigenvalue weighted by Gasteiger charge is -2.52. The Morgan fingerprint density at radius 1 is 1.05 bits per heavy atom. The standard InChI is InChI=1S/C30H48N4O8S/c1-40-20-18-34-28(36)26(27(35)22-9-5-4-6-10-22)31-29(37)30(34)13-16-33(17-14-30)15-7-8-19-42-24-12-11-23(21-25(24)41-2)32-43(3,38)39/h11-12,21-22,26-27,32,35H,4-10,13-20H2,1-3H3,(H,31,37)/t26-,27-/m1/s1. The Morgan fingerprint density at radius 3 is 2.42 bits per heavy atom. The van der Waals surface area contributed by atoms with Gasteiger partial charge in [-0.15, -0.1) is 0 Å². The summed E-state index contributed by atoms with van der Waals surface area (Å²) in [4.78, 5) is 31.4. The molecule has 242 valence electrons. The average Bonchev–Trinajstić information content (AvgIpc) is 2.99. The molecule has 2 amide bonds. The molecule has 4 rings (SSSR count). The number of sulfonamides is 1. The smallest absolute Gasteiger partial charge is 0.248 e. The van der Waals surface area contributed by atoms with Crippen molar-refractivity contribution in [1.82, 2.24) is 15.1 Å². The molecule has 43 heavy (non-hydrogen) atoms. The van der Waals surface area contributed by atoms with Crippen LogP contribution in [0.4, 0.5) is 5.69 Å². The topological polar surface area (TPSA) is 147 Å². The number of piperidine rings is 1. The van der Waals surface area contributed by atoms with Crippen LogP contribution in [0.15, 0.2) is 18.2 Å². The number of aliphatic hydroxyl groups excluding tert-OH is 1. The number of benzene rings is 1. The van der Waals surface area contributed by atoms with E-state index in [9.17, 15) is 23.1 Å². The molecule has 3 fully saturated rings. The normalized spacial score (nSPS) is 22.3. The Labute approximate surface area is 255 Å². The predicted molar refractivity (Wildman–Crippen MR) is 163 cm³/mol. The van der Waals surface area contributed by atoms with E-state index in [1.807, 2.05) is 0 Å². The number of anilines is 1. The van der Waals surface area contributed by atoms with Crippen LogP contribution in [-0.4, -0.2) is 113 Å². The summed E-state index contributed by atoms with van der Waals surface area (Å²) in [5.41, 5.74) is -0.521. The van der Waals surface area contributed by atoms with Gasteiger partial charge < -0.3 is 34.4 Å². The number of hydrogen-bond acceptors (Lipinski definition) is 9. The zero-order valence-corrected chi connectivity index (χ0v) is 26.5. The van der Waals surface area contributed by atoms with Gasteiger partial charge in [0.15, 0.2) is 11.5 Å². The molecule has 1 spiro atoms. The van der Waals surface area contributed by atoms with Gasteiger partial charge in [0.05, 0.1) is 38.4 Å². The molecule has 2 heterocycles. The third-order valence-electron chi connectivity index (χ3n) is 9.03. The number of nitrogens with one attached hydrogen (secondary N) is 2. The molecule has 1 aromatic carbocycles. The highest BCUT2D eigenvalue weighted by atomic mass is 32.2. The number of ether oxygens (including phenoxy) is 3. The summed E-state index contributed by atoms with van der Waals surface area (Å²) in [7, 11) is -0.299. The van der Waals surface area contributed by atoms with E-state index in [4.69, 9.17) is 14.2 Å². The van der Waals surface area contributed by atoms with E-state index >= 15 is 0 Å². The van der Waals surface area contributed by atoms with Crippen LogP contribution in [0.3, 0.4) is 0 Å². The molecule has 12 nitrogen and oxygen atoms in total. The van der Waals surface area contributed by atoms with E-state index in [2.05, 4.69) is 14.9 Å². The molecule has 0 radical (unpaired) electrons. The first-order chi connectivity index (χ1) is 20.6. The summed E-state index contributed by atoms with van der Waals surface area (Å²) in [6, 6.07) is 3.99. The molecular weight excluding hydrogens is 576 g/mol. The number of carbonyl (C=O) groups excluding carboxylic acids is 2. The van der Waals surface area contributed by atoms with Crippen molar-refractivity contribution in [1.29, 1.82) is 0 Å². The van der Waals surface area contributed by atoms with Crippen LogP contribution in [0.2, 0.25) is 0 Å². The molecular formula is C30H48N4O8S. The maximum atomic E-state index is 13.7. The Hall–Kier alpha value is -2.61. The number of unbranched alkanes of at least 4 members (excludes halogenated alkanes) is 1. The molecule has 1 aliphatic carbocycles. The summed E-state index contributed by atoms with van der Waals surface area (Å²) < 4.78 is 41.9. The number of piperazine rings is 1. The number of nitrogens with zero attached hydrogens (tertiary/aromatic N) is 2. The molecule has 0 bridgehead atoms. The van der Waals surface area contributed by atoms with Crippen LogP contribution in [0.1, 0.15) is 57.8 Å². The lowest BCUT2D eigenvalue weighted by Crippen LogP contribution is -2.75. The second kappa shape index (κ2) is 14.9. The number of aliphatic hydroxyl groups is 1. The van der Waals surface area contributed by atoms with Crippen LogP contribution in [0, 0.1) is 5.92 Å². The van der Waals surface area contributed by atoms with E-state index in [1.54, 1.807) is 30.2 Å². The van der Waals surface area contributed by atoms with Gasteiger partial charge in [-0.25, -0.2) is 8.42 Å². The van der Waals surface area contributed by atoms with Crippen LogP contribution >= 0.6 is 0 Å². The molecule has 2 saturated heterocycles. The number of likely N-dealkylation sites (tertiary alicyclic amines) is 1. The monoisotopic (exact) mass is 624 g/mol. The highest BCUT2D eigenvalue weighted by Gasteiger charge is 2.55. The van der Waals surface area contributed by atoms with Gasteiger partial charge in [0.25, 0.3) is 0 Å². The lowest BCUT2D eigenvalue weighted by molar-refractivity contribution is -0.166. The van der Waals surface area contributed by atoms with Gasteiger partial charge in [-0.05, 0) is 63.1 Å². The Morgan fingerprint density at radius 2 is 1.77 bits per heavy atom. The maximum Gasteiger partial charge on any atom is 0.248 e. The second-order valence-electron chi connectivity index (χ2n) is 12.0. The summed E-state index contributed by atoms with van der Waals surface area (Å²) in [5.74, 6) is 0.655. The van der Waals surface area contributed by atoms with Gasteiger partial charge in [0.2, 0.25) is 21.8 Å². The highest BCUT2D eigenvalue weighted by molar-refractivity contribution is 7.92. The number of rotatable bonds is 14. The average molecular weight is 625 g/mol. The zero-order valence-electron chi connectivity index (χ0n) is 25.7. The van der Waals surface area contributed by atoms with Gasteiger partial charge in [-0.2, -0.15) is 0 Å². The fourth-order valence-electron chi connectivity index (χ4n) is 6.65. The van der Waals surface area contributed by atoms with Crippen molar-refractivity contribution < 1.29 is 37.3 Å². The highest BCUT2D eigenvalue weighted by Crippen LogP contribution is 2.36. The first-order valence-corrected chi connectivity index (χ1v) is 17.3. The molecule has 13 heteroatoms. The van der Waals surface area contributed by atoms with Crippen molar-refractivity contribution in [2.45, 2.75) is 75.5 Å². The van der Waals surface area contributed by atoms with Gasteiger partial charge in [0.1, 0.15) is 11.6 Å². The Kier molecular flexibility index (Phi) is 11.5. The van der Waals surface area contributed by atoms with Gasteiger partial charge in [0, 0.05) is 32.8 Å². The predicted octanol–water partition coefficient (Wildman–Crippen LogP) is 1.97. The Balaban J connectivity index is 1.27. The van der Waals surface area contributed by atoms with Crippen LogP contribution in [0.25, 0.3) is 0 Å². The maximum absolute atomic E-state index is 13.7. The summed E-state index contributed by atoms with van der Waals surface area (Å²) in [6.45, 7) is 3.33. The van der Waals surface area contributed by atoms with E-state index in [1.165, 1.54) is 7.11 Å². The molecule has 1 saturated carbocycles. The minimum absolute atomic E-state index is 0.0319. The fourth-order valence-corrected chi connectivity index (χ4v) is 7.21. The Bertz CT molecular complexity index is 1200.